The summed E-state index contributed by atoms with van der Waals surface area (Å²) in [5.41, 5.74) is 5.49. The van der Waals surface area contributed by atoms with Gasteiger partial charge in [-0.3, -0.25) is 9.59 Å². The Balaban J connectivity index is 2.56. The molecule has 19 heavy (non-hydrogen) atoms. The molecule has 0 aliphatic rings. The van der Waals surface area contributed by atoms with Crippen LogP contribution in [0.25, 0.3) is 6.08 Å². The molecule has 2 amide bonds. The van der Waals surface area contributed by atoms with E-state index in [4.69, 9.17) is 34.0 Å². The first-order chi connectivity index (χ1) is 8.88. The Morgan fingerprint density at radius 2 is 1.89 bits per heavy atom. The number of nitrogens with one attached hydrogen (secondary N) is 1. The second-order valence-electron chi connectivity index (χ2n) is 3.70. The predicted octanol–water partition coefficient (Wildman–Crippen LogP) is 0.969. The third kappa shape index (κ3) is 5.74. The summed E-state index contributed by atoms with van der Waals surface area (Å²) in [4.78, 5) is 21.9. The van der Waals surface area contributed by atoms with Gasteiger partial charge >= 0.3 is 0 Å². The lowest BCUT2D eigenvalue weighted by Crippen LogP contribution is -2.39. The fourth-order valence-corrected chi connectivity index (χ4v) is 1.74. The molecule has 1 aromatic rings. The van der Waals surface area contributed by atoms with Crippen LogP contribution in [-0.2, 0) is 9.59 Å². The van der Waals surface area contributed by atoms with Crippen molar-refractivity contribution in [1.82, 2.24) is 5.32 Å². The molecule has 0 spiro atoms. The van der Waals surface area contributed by atoms with E-state index in [1.807, 2.05) is 0 Å². The molecule has 5 nitrogen and oxygen atoms in total. The number of carbonyl (C=O) groups excluding carboxylic acids is 2. The van der Waals surface area contributed by atoms with Crippen LogP contribution in [0.2, 0.25) is 10.0 Å². The van der Waals surface area contributed by atoms with Gasteiger partial charge in [-0.15, -0.1) is 0 Å². The Labute approximate surface area is 120 Å². The van der Waals surface area contributed by atoms with Gasteiger partial charge in [0.2, 0.25) is 11.8 Å². The lowest BCUT2D eigenvalue weighted by molar-refractivity contribution is -0.126. The average Bonchev–Trinajstić information content (AvgIpc) is 2.32. The van der Waals surface area contributed by atoms with Gasteiger partial charge in [-0.05, 0) is 29.8 Å². The van der Waals surface area contributed by atoms with Crippen LogP contribution in [0, 0.1) is 0 Å². The Morgan fingerprint density at radius 1 is 1.32 bits per heavy atom. The Kier molecular flexibility index (Phi) is 5.82. The van der Waals surface area contributed by atoms with Crippen LogP contribution in [0.4, 0.5) is 0 Å². The molecule has 102 valence electrons. The second kappa shape index (κ2) is 7.13. The number of hydrogen-bond donors (Lipinski definition) is 3. The topological polar surface area (TPSA) is 92.4 Å². The van der Waals surface area contributed by atoms with E-state index in [1.54, 1.807) is 18.2 Å². The minimum absolute atomic E-state index is 0.241. The standard InChI is InChI=1S/C12H12Cl2N2O3/c13-8-3-7(4-9(14)5-8)1-2-11(18)16-6-10(17)12(15)19/h1-5,10,17H,6H2,(H2,15,19)(H,16,18)/b2-1+. The van der Waals surface area contributed by atoms with E-state index < -0.39 is 17.9 Å². The molecule has 0 fully saturated rings. The van der Waals surface area contributed by atoms with Gasteiger partial charge in [0.05, 0.1) is 6.54 Å². The first-order valence-corrected chi connectivity index (χ1v) is 6.03. The summed E-state index contributed by atoms with van der Waals surface area (Å²) in [7, 11) is 0. The minimum Gasteiger partial charge on any atom is -0.381 e. The number of amides is 2. The highest BCUT2D eigenvalue weighted by Gasteiger charge is 2.10. The highest BCUT2D eigenvalue weighted by atomic mass is 35.5. The number of aliphatic hydroxyl groups is 1. The van der Waals surface area contributed by atoms with Crippen molar-refractivity contribution in [3.8, 4) is 0 Å². The first kappa shape index (κ1) is 15.5. The molecular weight excluding hydrogens is 291 g/mol. The summed E-state index contributed by atoms with van der Waals surface area (Å²) < 4.78 is 0. The second-order valence-corrected chi connectivity index (χ2v) is 4.57. The first-order valence-electron chi connectivity index (χ1n) is 5.28. The van der Waals surface area contributed by atoms with Crippen LogP contribution < -0.4 is 11.1 Å². The van der Waals surface area contributed by atoms with E-state index in [0.717, 1.165) is 0 Å². The molecule has 0 heterocycles. The van der Waals surface area contributed by atoms with Gasteiger partial charge in [0.15, 0.2) is 0 Å². The lowest BCUT2D eigenvalue weighted by atomic mass is 10.2. The summed E-state index contributed by atoms with van der Waals surface area (Å²) in [5, 5.41) is 12.3. The third-order valence-corrected chi connectivity index (χ3v) is 2.55. The molecular formula is C12H12Cl2N2O3. The van der Waals surface area contributed by atoms with Crippen molar-refractivity contribution >= 4 is 41.1 Å². The number of rotatable bonds is 5. The van der Waals surface area contributed by atoms with E-state index in [-0.39, 0.29) is 6.54 Å². The van der Waals surface area contributed by atoms with Crippen LogP contribution in [0.15, 0.2) is 24.3 Å². The van der Waals surface area contributed by atoms with E-state index in [1.165, 1.54) is 12.2 Å². The normalized spacial score (nSPS) is 12.4. The maximum atomic E-state index is 11.4. The number of aliphatic hydroxyl groups excluding tert-OH is 1. The maximum absolute atomic E-state index is 11.4. The minimum atomic E-state index is -1.40. The van der Waals surface area contributed by atoms with E-state index in [0.29, 0.717) is 15.6 Å². The van der Waals surface area contributed by atoms with Gasteiger partial charge < -0.3 is 16.2 Å². The van der Waals surface area contributed by atoms with Crippen molar-refractivity contribution in [2.75, 3.05) is 6.54 Å². The SMILES string of the molecule is NC(=O)C(O)CNC(=O)/C=C/c1cc(Cl)cc(Cl)c1. The molecule has 0 aliphatic heterocycles. The molecule has 4 N–H and O–H groups in total. The summed E-state index contributed by atoms with van der Waals surface area (Å²) in [5.74, 6) is -1.37. The molecule has 1 unspecified atom stereocenters. The van der Waals surface area contributed by atoms with Crippen molar-refractivity contribution in [2.45, 2.75) is 6.10 Å². The molecule has 0 saturated carbocycles. The Hall–Kier alpha value is -1.56. The third-order valence-electron chi connectivity index (χ3n) is 2.11. The molecule has 1 aromatic carbocycles. The van der Waals surface area contributed by atoms with Gasteiger partial charge in [-0.25, -0.2) is 0 Å². The molecule has 0 saturated heterocycles. The van der Waals surface area contributed by atoms with Crippen LogP contribution >= 0.6 is 23.2 Å². The predicted molar refractivity (Wildman–Crippen MR) is 73.7 cm³/mol. The van der Waals surface area contributed by atoms with E-state index in [2.05, 4.69) is 5.32 Å². The lowest BCUT2D eigenvalue weighted by Gasteiger charge is -2.06. The highest BCUT2D eigenvalue weighted by molar-refractivity contribution is 6.34. The van der Waals surface area contributed by atoms with E-state index >= 15 is 0 Å². The molecule has 0 bridgehead atoms. The van der Waals surface area contributed by atoms with Crippen molar-refractivity contribution in [3.05, 3.63) is 39.9 Å². The zero-order valence-corrected chi connectivity index (χ0v) is 11.3. The summed E-state index contributed by atoms with van der Waals surface area (Å²) >= 11 is 11.6. The summed E-state index contributed by atoms with van der Waals surface area (Å²) in [6, 6.07) is 4.84. The number of primary amides is 1. The van der Waals surface area contributed by atoms with Gasteiger partial charge in [0.1, 0.15) is 6.10 Å². The van der Waals surface area contributed by atoms with Gasteiger partial charge in [-0.2, -0.15) is 0 Å². The van der Waals surface area contributed by atoms with Gasteiger partial charge in [0, 0.05) is 16.1 Å². The fourth-order valence-electron chi connectivity index (χ4n) is 1.20. The fraction of sp³-hybridized carbons (Fsp3) is 0.167. The van der Waals surface area contributed by atoms with Crippen LogP contribution in [-0.4, -0.2) is 29.6 Å². The average molecular weight is 303 g/mol. The number of benzene rings is 1. The van der Waals surface area contributed by atoms with Crippen LogP contribution in [0.3, 0.4) is 0 Å². The summed E-state index contributed by atoms with van der Waals surface area (Å²) in [6.07, 6.45) is 1.33. The van der Waals surface area contributed by atoms with Gasteiger partial charge in [0.25, 0.3) is 0 Å². The van der Waals surface area contributed by atoms with Crippen molar-refractivity contribution in [3.63, 3.8) is 0 Å². The largest absolute Gasteiger partial charge is 0.381 e. The van der Waals surface area contributed by atoms with Crippen LogP contribution in [0.1, 0.15) is 5.56 Å². The Bertz CT molecular complexity index is 497. The zero-order chi connectivity index (χ0) is 14.4. The number of halogens is 2. The number of nitrogens with two attached hydrogens (primary N) is 1. The molecule has 0 aromatic heterocycles. The van der Waals surface area contributed by atoms with Crippen molar-refractivity contribution in [1.29, 1.82) is 0 Å². The smallest absolute Gasteiger partial charge is 0.248 e. The monoisotopic (exact) mass is 302 g/mol. The van der Waals surface area contributed by atoms with Gasteiger partial charge in [-0.1, -0.05) is 23.2 Å². The number of hydrogen-bond acceptors (Lipinski definition) is 3. The van der Waals surface area contributed by atoms with E-state index in [9.17, 15) is 9.59 Å². The Morgan fingerprint density at radius 3 is 2.42 bits per heavy atom. The maximum Gasteiger partial charge on any atom is 0.248 e. The number of carbonyl (C=O) groups is 2. The summed E-state index contributed by atoms with van der Waals surface area (Å²) in [6.45, 7) is -0.241. The van der Waals surface area contributed by atoms with Crippen LogP contribution in [0.5, 0.6) is 0 Å². The van der Waals surface area contributed by atoms with Crippen molar-refractivity contribution < 1.29 is 14.7 Å². The molecule has 1 atom stereocenters. The zero-order valence-electron chi connectivity index (χ0n) is 9.77. The van der Waals surface area contributed by atoms with Crippen molar-refractivity contribution in [2.24, 2.45) is 5.73 Å². The highest BCUT2D eigenvalue weighted by Crippen LogP contribution is 2.19. The molecule has 1 rings (SSSR count). The quantitative estimate of drug-likeness (QED) is 0.708. The molecule has 7 heteroatoms. The molecule has 0 radical (unpaired) electrons. The molecule has 0 aliphatic carbocycles.